The number of hydrogen-bond donors (Lipinski definition) is 2. The molecular weight excluding hydrogens is 619 g/mol. The molecule has 1 amide bonds. The highest BCUT2D eigenvalue weighted by molar-refractivity contribution is 5.97. The van der Waals surface area contributed by atoms with Gasteiger partial charge in [0.1, 0.15) is 35.1 Å². The molecule has 1 fully saturated rings. The van der Waals surface area contributed by atoms with Gasteiger partial charge in [0.2, 0.25) is 0 Å². The number of fused-ring (bicyclic) bond motifs is 1. The number of amides is 1. The van der Waals surface area contributed by atoms with Gasteiger partial charge >= 0.3 is 17.8 Å². The fourth-order valence-corrected chi connectivity index (χ4v) is 5.34. The number of halogens is 5. The van der Waals surface area contributed by atoms with Crippen molar-refractivity contribution in [2.75, 3.05) is 4.90 Å². The van der Waals surface area contributed by atoms with Crippen LogP contribution < -0.4 is 21.5 Å². The largest absolute Gasteiger partial charge is 0.480 e. The Hall–Kier alpha value is -5.15. The van der Waals surface area contributed by atoms with Crippen molar-refractivity contribution in [3.05, 3.63) is 92.5 Å². The zero-order chi connectivity index (χ0) is 33.5. The zero-order valence-corrected chi connectivity index (χ0v) is 24.4. The minimum absolute atomic E-state index is 0.0655. The minimum Gasteiger partial charge on any atom is -0.480 e. The molecule has 0 saturated heterocycles. The standard InChI is InChI=1S/C30H27F5N6O5/c1-3-23(30(33,34)35)40(16-5-6-16)17-11-19(31)25(20(32)12-17)26(42)38-21(28(44)45)10-15-4-7-24(37-13-15)41-27(43)18-8-9-36-14-22(18)39(2)29(41)46/h4,7-9,11-14,16,21,23H,3,5-6,10H2,1-2H3,(H,38,42)(H,44,45)/t21-,23+/m0/s1. The number of nitrogens with one attached hydrogen (secondary N) is 1. The Morgan fingerprint density at radius 2 is 1.78 bits per heavy atom. The van der Waals surface area contributed by atoms with Crippen LogP contribution in [-0.4, -0.2) is 60.4 Å². The van der Waals surface area contributed by atoms with E-state index in [4.69, 9.17) is 0 Å². The molecule has 1 saturated carbocycles. The van der Waals surface area contributed by atoms with Gasteiger partial charge in [-0.2, -0.15) is 13.2 Å². The number of hydrogen-bond acceptors (Lipinski definition) is 7. The number of carbonyl (C=O) groups is 2. The highest BCUT2D eigenvalue weighted by Gasteiger charge is 2.47. The average Bonchev–Trinajstić information content (AvgIpc) is 3.83. The second-order valence-electron chi connectivity index (χ2n) is 10.9. The molecule has 46 heavy (non-hydrogen) atoms. The molecular formula is C30H27F5N6O5. The van der Waals surface area contributed by atoms with Crippen molar-refractivity contribution in [3.63, 3.8) is 0 Å². The number of benzene rings is 1. The molecule has 1 aliphatic rings. The van der Waals surface area contributed by atoms with E-state index < -0.39 is 71.0 Å². The van der Waals surface area contributed by atoms with Gasteiger partial charge in [-0.05, 0) is 49.1 Å². The number of rotatable bonds is 10. The normalized spacial score (nSPS) is 14.6. The van der Waals surface area contributed by atoms with E-state index in [-0.39, 0.29) is 28.9 Å². The lowest BCUT2D eigenvalue weighted by Gasteiger charge is -2.35. The van der Waals surface area contributed by atoms with Crippen LogP contribution in [0.25, 0.3) is 16.7 Å². The SMILES string of the molecule is CC[C@@H](N(c1cc(F)c(C(=O)N[C@@H](Cc2ccc(-n3c(=O)c4ccncc4n(C)c3=O)nc2)C(=O)O)c(F)c1)C1CC1)C(F)(F)F. The fraction of sp³-hybridized carbons (Fsp3) is 0.333. The Balaban J connectivity index is 1.37. The Morgan fingerprint density at radius 3 is 2.33 bits per heavy atom. The van der Waals surface area contributed by atoms with Crippen LogP contribution in [0.2, 0.25) is 0 Å². The maximum absolute atomic E-state index is 15.1. The monoisotopic (exact) mass is 646 g/mol. The third-order valence-electron chi connectivity index (χ3n) is 7.75. The van der Waals surface area contributed by atoms with Crippen molar-refractivity contribution in [1.29, 1.82) is 0 Å². The number of carbonyl (C=O) groups excluding carboxylic acids is 1. The van der Waals surface area contributed by atoms with E-state index in [0.717, 1.165) is 9.47 Å². The summed E-state index contributed by atoms with van der Waals surface area (Å²) in [4.78, 5) is 59.6. The molecule has 2 N–H and O–H groups in total. The summed E-state index contributed by atoms with van der Waals surface area (Å²) in [5.41, 5.74) is -2.37. The summed E-state index contributed by atoms with van der Waals surface area (Å²) in [5.74, 6) is -5.96. The van der Waals surface area contributed by atoms with Crippen LogP contribution in [-0.2, 0) is 18.3 Å². The highest BCUT2D eigenvalue weighted by atomic mass is 19.4. The molecule has 1 aliphatic carbocycles. The molecule has 0 unspecified atom stereocenters. The zero-order valence-electron chi connectivity index (χ0n) is 24.4. The maximum Gasteiger partial charge on any atom is 0.408 e. The van der Waals surface area contributed by atoms with Crippen LogP contribution in [0.4, 0.5) is 27.6 Å². The lowest BCUT2D eigenvalue weighted by molar-refractivity contribution is -0.149. The second-order valence-corrected chi connectivity index (χ2v) is 10.9. The molecule has 0 radical (unpaired) electrons. The number of alkyl halides is 3. The third-order valence-corrected chi connectivity index (χ3v) is 7.75. The smallest absolute Gasteiger partial charge is 0.408 e. The quantitative estimate of drug-likeness (QED) is 0.250. The van der Waals surface area contributed by atoms with Crippen LogP contribution in [0.5, 0.6) is 0 Å². The molecule has 11 nitrogen and oxygen atoms in total. The van der Waals surface area contributed by atoms with Crippen molar-refractivity contribution in [3.8, 4) is 5.82 Å². The predicted molar refractivity (Wildman–Crippen MR) is 155 cm³/mol. The number of nitrogens with zero attached hydrogens (tertiary/aromatic N) is 5. The van der Waals surface area contributed by atoms with Crippen LogP contribution in [0, 0.1) is 11.6 Å². The first-order chi connectivity index (χ1) is 21.7. The molecule has 2 atom stereocenters. The van der Waals surface area contributed by atoms with E-state index in [0.29, 0.717) is 30.5 Å². The van der Waals surface area contributed by atoms with Crippen molar-refractivity contribution < 1.29 is 36.6 Å². The van der Waals surface area contributed by atoms with E-state index in [1.807, 2.05) is 5.32 Å². The van der Waals surface area contributed by atoms with E-state index in [9.17, 15) is 37.5 Å². The van der Waals surface area contributed by atoms with Crippen LogP contribution in [0.15, 0.2) is 58.5 Å². The Bertz CT molecular complexity index is 1920. The van der Waals surface area contributed by atoms with Crippen molar-refractivity contribution in [2.24, 2.45) is 7.05 Å². The van der Waals surface area contributed by atoms with Gasteiger partial charge in [0.05, 0.1) is 17.1 Å². The molecule has 0 spiro atoms. The van der Waals surface area contributed by atoms with Gasteiger partial charge in [0, 0.05) is 37.6 Å². The molecule has 0 bridgehead atoms. The summed E-state index contributed by atoms with van der Waals surface area (Å²) in [7, 11) is 1.45. The first-order valence-corrected chi connectivity index (χ1v) is 14.1. The number of aromatic nitrogens is 4. The molecule has 3 heterocycles. The summed E-state index contributed by atoms with van der Waals surface area (Å²) in [5, 5.41) is 12.0. The molecule has 0 aliphatic heterocycles. The number of pyridine rings is 2. The average molecular weight is 647 g/mol. The van der Waals surface area contributed by atoms with Crippen LogP contribution in [0.3, 0.4) is 0 Å². The lowest BCUT2D eigenvalue weighted by Crippen LogP contribution is -2.47. The van der Waals surface area contributed by atoms with Gasteiger partial charge in [-0.25, -0.2) is 27.9 Å². The van der Waals surface area contributed by atoms with Gasteiger partial charge in [-0.15, -0.1) is 0 Å². The fourth-order valence-electron chi connectivity index (χ4n) is 5.34. The predicted octanol–water partition coefficient (Wildman–Crippen LogP) is 3.49. The molecule has 16 heteroatoms. The first kappa shape index (κ1) is 32.2. The summed E-state index contributed by atoms with van der Waals surface area (Å²) < 4.78 is 73.3. The van der Waals surface area contributed by atoms with Gasteiger partial charge in [0.15, 0.2) is 0 Å². The number of aryl methyl sites for hydroxylation is 1. The van der Waals surface area contributed by atoms with Crippen molar-refractivity contribution in [1.82, 2.24) is 24.4 Å². The Morgan fingerprint density at radius 1 is 1.11 bits per heavy atom. The number of carboxylic acids is 1. The van der Waals surface area contributed by atoms with E-state index in [1.165, 1.54) is 55.3 Å². The van der Waals surface area contributed by atoms with Crippen LogP contribution in [0.1, 0.15) is 42.1 Å². The summed E-state index contributed by atoms with van der Waals surface area (Å²) >= 11 is 0. The summed E-state index contributed by atoms with van der Waals surface area (Å²) in [6.07, 6.45) is -0.707. The van der Waals surface area contributed by atoms with Crippen LogP contribution >= 0.6 is 0 Å². The van der Waals surface area contributed by atoms with Gasteiger partial charge in [-0.1, -0.05) is 13.0 Å². The topological polar surface area (TPSA) is 139 Å². The Labute approximate surface area is 256 Å². The first-order valence-electron chi connectivity index (χ1n) is 14.1. The molecule has 1 aromatic carbocycles. The maximum atomic E-state index is 15.1. The van der Waals surface area contributed by atoms with Gasteiger partial charge in [-0.3, -0.25) is 19.1 Å². The summed E-state index contributed by atoms with van der Waals surface area (Å²) in [6, 6.07) is 1.10. The minimum atomic E-state index is -4.67. The molecule has 4 aromatic rings. The second kappa shape index (κ2) is 12.3. The molecule has 242 valence electrons. The van der Waals surface area contributed by atoms with E-state index in [2.05, 4.69) is 9.97 Å². The molecule has 5 rings (SSSR count). The third kappa shape index (κ3) is 6.19. The van der Waals surface area contributed by atoms with E-state index in [1.54, 1.807) is 0 Å². The summed E-state index contributed by atoms with van der Waals surface area (Å²) in [6.45, 7) is 1.31. The number of aliphatic carboxylic acids is 1. The number of carboxylic acid groups (broad SMARTS) is 1. The van der Waals surface area contributed by atoms with Crippen molar-refractivity contribution in [2.45, 2.75) is 56.9 Å². The Kier molecular flexibility index (Phi) is 8.64. The van der Waals surface area contributed by atoms with Gasteiger partial charge < -0.3 is 15.3 Å². The molecule has 3 aromatic heterocycles. The van der Waals surface area contributed by atoms with Crippen molar-refractivity contribution >= 4 is 28.5 Å². The number of anilines is 1. The van der Waals surface area contributed by atoms with E-state index >= 15 is 8.78 Å². The highest BCUT2D eigenvalue weighted by Crippen LogP contribution is 2.40. The lowest BCUT2D eigenvalue weighted by atomic mass is 10.1. The van der Waals surface area contributed by atoms with Gasteiger partial charge in [0.25, 0.3) is 11.5 Å².